The first-order valence-electron chi connectivity index (χ1n) is 10.6. The summed E-state index contributed by atoms with van der Waals surface area (Å²) in [4.78, 5) is 45.4. The number of carbonyl (C=O) groups excluding carboxylic acids is 2. The first kappa shape index (κ1) is 26.3. The van der Waals surface area contributed by atoms with Crippen molar-refractivity contribution in [1.82, 2.24) is 10.6 Å². The Kier molecular flexibility index (Phi) is 10.8. The summed E-state index contributed by atoms with van der Waals surface area (Å²) in [7, 11) is -4.43. The molecule has 2 unspecified atom stereocenters. The number of hydrogen-bond donors (Lipinski definition) is 4. The summed E-state index contributed by atoms with van der Waals surface area (Å²) in [5, 5.41) is 13.8. The van der Waals surface area contributed by atoms with Gasteiger partial charge in [-0.3, -0.25) is 23.5 Å². The van der Waals surface area contributed by atoms with E-state index in [-0.39, 0.29) is 25.7 Å². The van der Waals surface area contributed by atoms with Crippen LogP contribution in [0.5, 0.6) is 0 Å². The number of nitrogens with one attached hydrogen (secondary N) is 2. The lowest BCUT2D eigenvalue weighted by molar-refractivity contribution is -0.137. The summed E-state index contributed by atoms with van der Waals surface area (Å²) in [6, 6.07) is 18.3. The predicted octanol–water partition coefficient (Wildman–Crippen LogP) is 2.49. The number of carboxylic acid groups (broad SMARTS) is 1. The van der Waals surface area contributed by atoms with Gasteiger partial charge in [0.2, 0.25) is 11.8 Å². The quantitative estimate of drug-likeness (QED) is 0.307. The van der Waals surface area contributed by atoms with Crippen molar-refractivity contribution in [3.8, 4) is 0 Å². The largest absolute Gasteiger partial charge is 0.481 e. The maximum atomic E-state index is 12.9. The highest BCUT2D eigenvalue weighted by Gasteiger charge is 2.34. The van der Waals surface area contributed by atoms with E-state index in [4.69, 9.17) is 9.63 Å². The second-order valence-corrected chi connectivity index (χ2v) is 9.45. The molecule has 2 amide bonds. The van der Waals surface area contributed by atoms with Crippen molar-refractivity contribution < 1.29 is 33.5 Å². The van der Waals surface area contributed by atoms with Crippen molar-refractivity contribution in [2.45, 2.75) is 37.9 Å². The maximum absolute atomic E-state index is 12.9. The van der Waals surface area contributed by atoms with Crippen molar-refractivity contribution in [1.29, 1.82) is 0 Å². The van der Waals surface area contributed by atoms with Gasteiger partial charge < -0.3 is 20.6 Å². The van der Waals surface area contributed by atoms with Gasteiger partial charge in [-0.15, -0.1) is 0 Å². The molecule has 0 heterocycles. The highest BCUT2D eigenvalue weighted by molar-refractivity contribution is 7.53. The Morgan fingerprint density at radius 2 is 1.52 bits per heavy atom. The number of rotatable bonds is 14. The van der Waals surface area contributed by atoms with Crippen LogP contribution in [0.1, 0.15) is 30.4 Å². The second kappa shape index (κ2) is 13.5. The molecule has 0 bridgehead atoms. The molecule has 9 nitrogen and oxygen atoms in total. The second-order valence-electron chi connectivity index (χ2n) is 7.44. The van der Waals surface area contributed by atoms with Gasteiger partial charge in [-0.1, -0.05) is 60.7 Å². The van der Waals surface area contributed by atoms with E-state index in [1.54, 1.807) is 30.3 Å². The number of carboxylic acids is 1. The fourth-order valence-corrected chi connectivity index (χ4v) is 4.26. The first-order valence-corrected chi connectivity index (χ1v) is 12.2. The molecule has 0 aliphatic rings. The number of hydrogen-bond acceptors (Lipinski definition) is 5. The van der Waals surface area contributed by atoms with Crippen LogP contribution in [0, 0.1) is 0 Å². The molecule has 0 saturated carbocycles. The Hall–Kier alpha value is -3.00. The third kappa shape index (κ3) is 10.4. The minimum Gasteiger partial charge on any atom is -0.481 e. The zero-order chi connectivity index (χ0) is 24.1. The van der Waals surface area contributed by atoms with Gasteiger partial charge in [0.15, 0.2) is 0 Å². The van der Waals surface area contributed by atoms with Crippen LogP contribution in [-0.4, -0.2) is 46.7 Å². The van der Waals surface area contributed by atoms with Gasteiger partial charge in [-0.25, -0.2) is 0 Å². The van der Waals surface area contributed by atoms with Crippen LogP contribution in [0.15, 0.2) is 60.7 Å². The molecule has 2 rings (SSSR count). The highest BCUT2D eigenvalue weighted by atomic mass is 31.2. The number of amides is 2. The molecule has 0 radical (unpaired) electrons. The Balaban J connectivity index is 1.91. The summed E-state index contributed by atoms with van der Waals surface area (Å²) in [5.74, 6) is -3.43. The maximum Gasteiger partial charge on any atom is 0.351 e. The zero-order valence-corrected chi connectivity index (χ0v) is 19.1. The molecule has 0 saturated heterocycles. The molecule has 0 aliphatic heterocycles. The number of carbonyl (C=O) groups is 3. The fourth-order valence-electron chi connectivity index (χ4n) is 3.03. The molecule has 0 aliphatic carbocycles. The van der Waals surface area contributed by atoms with E-state index >= 15 is 0 Å². The lowest BCUT2D eigenvalue weighted by Gasteiger charge is -2.24. The first-order chi connectivity index (χ1) is 15.8. The third-order valence-corrected chi connectivity index (χ3v) is 6.35. The van der Waals surface area contributed by atoms with E-state index in [0.717, 1.165) is 5.56 Å². The molecular formula is C23H29N2O7P. The molecule has 10 heteroatoms. The summed E-state index contributed by atoms with van der Waals surface area (Å²) in [6.07, 6.45) is 0.408. The van der Waals surface area contributed by atoms with E-state index in [1.807, 2.05) is 30.3 Å². The molecule has 0 aromatic heterocycles. The summed E-state index contributed by atoms with van der Waals surface area (Å²) in [6.45, 7) is -0.293. The Morgan fingerprint density at radius 3 is 2.12 bits per heavy atom. The number of benzene rings is 2. The highest BCUT2D eigenvalue weighted by Crippen LogP contribution is 2.47. The van der Waals surface area contributed by atoms with Crippen molar-refractivity contribution >= 4 is 25.4 Å². The summed E-state index contributed by atoms with van der Waals surface area (Å²) < 4.78 is 17.9. The lowest BCUT2D eigenvalue weighted by Crippen LogP contribution is -2.37. The molecule has 33 heavy (non-hydrogen) atoms. The van der Waals surface area contributed by atoms with Crippen LogP contribution in [0.2, 0.25) is 0 Å². The van der Waals surface area contributed by atoms with Crippen LogP contribution in [0.25, 0.3) is 0 Å². The van der Waals surface area contributed by atoms with Crippen LogP contribution < -0.4 is 10.6 Å². The SMILES string of the molecule is O=C(O)CCCC(=O)NC(Cc1ccccc1)P(=O)(O)OCC(=O)NCCc1ccccc1. The van der Waals surface area contributed by atoms with Gasteiger partial charge in [-0.2, -0.15) is 0 Å². The van der Waals surface area contributed by atoms with E-state index in [9.17, 15) is 23.8 Å². The van der Waals surface area contributed by atoms with E-state index in [0.29, 0.717) is 18.5 Å². The normalized spacial score (nSPS) is 13.5. The van der Waals surface area contributed by atoms with Gasteiger partial charge in [0.1, 0.15) is 12.4 Å². The Morgan fingerprint density at radius 1 is 0.909 bits per heavy atom. The smallest absolute Gasteiger partial charge is 0.351 e. The molecular weight excluding hydrogens is 447 g/mol. The average molecular weight is 476 g/mol. The van der Waals surface area contributed by atoms with Gasteiger partial charge >= 0.3 is 13.6 Å². The van der Waals surface area contributed by atoms with Crippen LogP contribution in [-0.2, 0) is 36.3 Å². The van der Waals surface area contributed by atoms with E-state index in [1.165, 1.54) is 0 Å². The molecule has 2 atom stereocenters. The van der Waals surface area contributed by atoms with Crippen LogP contribution >= 0.6 is 7.60 Å². The molecule has 4 N–H and O–H groups in total. The monoisotopic (exact) mass is 476 g/mol. The third-order valence-electron chi connectivity index (χ3n) is 4.75. The van der Waals surface area contributed by atoms with E-state index < -0.39 is 37.8 Å². The standard InChI is InChI=1S/C23H29N2O7P/c26-20(12-7-13-23(28)29)25-22(16-19-10-5-2-6-11-19)33(30,31)32-17-21(27)24-15-14-18-8-3-1-4-9-18/h1-6,8-11,22H,7,12-17H2,(H,24,27)(H,25,26)(H,28,29)(H,30,31). The van der Waals surface area contributed by atoms with Gasteiger partial charge in [-0.05, 0) is 24.0 Å². The van der Waals surface area contributed by atoms with Crippen molar-refractivity contribution in [2.75, 3.05) is 13.2 Å². The van der Waals surface area contributed by atoms with E-state index in [2.05, 4.69) is 10.6 Å². The van der Waals surface area contributed by atoms with Crippen LogP contribution in [0.3, 0.4) is 0 Å². The topological polar surface area (TPSA) is 142 Å². The van der Waals surface area contributed by atoms with Crippen molar-refractivity contribution in [3.05, 3.63) is 71.8 Å². The molecule has 2 aromatic carbocycles. The molecule has 0 spiro atoms. The van der Waals surface area contributed by atoms with Gasteiger partial charge in [0.25, 0.3) is 0 Å². The van der Waals surface area contributed by atoms with Crippen molar-refractivity contribution in [3.63, 3.8) is 0 Å². The summed E-state index contributed by atoms with van der Waals surface area (Å²) >= 11 is 0. The fraction of sp³-hybridized carbons (Fsp3) is 0.348. The predicted molar refractivity (Wildman–Crippen MR) is 122 cm³/mol. The minimum atomic E-state index is -4.43. The van der Waals surface area contributed by atoms with Gasteiger partial charge in [0.05, 0.1) is 0 Å². The summed E-state index contributed by atoms with van der Waals surface area (Å²) in [5.41, 5.74) is 1.73. The van der Waals surface area contributed by atoms with Gasteiger partial charge in [0, 0.05) is 25.8 Å². The molecule has 0 fully saturated rings. The average Bonchev–Trinajstić information content (AvgIpc) is 2.78. The zero-order valence-electron chi connectivity index (χ0n) is 18.2. The minimum absolute atomic E-state index is 0.00884. The van der Waals surface area contributed by atoms with Crippen LogP contribution in [0.4, 0.5) is 0 Å². The molecule has 2 aromatic rings. The Bertz CT molecular complexity index is 954. The Labute approximate surface area is 192 Å². The number of aliphatic carboxylic acids is 1. The lowest BCUT2D eigenvalue weighted by atomic mass is 10.1. The van der Waals surface area contributed by atoms with Crippen molar-refractivity contribution in [2.24, 2.45) is 0 Å². The molecule has 178 valence electrons.